The Labute approximate surface area is 233 Å². The molecule has 0 saturated heterocycles. The Bertz CT molecular complexity index is 2450. The molecule has 0 radical (unpaired) electrons. The summed E-state index contributed by atoms with van der Waals surface area (Å²) >= 11 is 1.86. The molecule has 0 spiro atoms. The first kappa shape index (κ1) is 21.8. The highest BCUT2D eigenvalue weighted by molar-refractivity contribution is 7.26. The van der Waals surface area contributed by atoms with Crippen molar-refractivity contribution in [2.75, 3.05) is 0 Å². The molecule has 9 rings (SSSR count). The van der Waals surface area contributed by atoms with E-state index in [0.29, 0.717) is 0 Å². The van der Waals surface area contributed by atoms with E-state index < -0.39 is 0 Å². The first-order valence-corrected chi connectivity index (χ1v) is 14.2. The second-order valence-electron chi connectivity index (χ2n) is 10.3. The van der Waals surface area contributed by atoms with E-state index in [1.165, 1.54) is 41.7 Å². The summed E-state index contributed by atoms with van der Waals surface area (Å²) in [6.07, 6.45) is 2.13. The van der Waals surface area contributed by atoms with Crippen LogP contribution in [0.25, 0.3) is 80.7 Å². The fourth-order valence-electron chi connectivity index (χ4n) is 6.17. The lowest BCUT2D eigenvalue weighted by atomic mass is 9.95. The minimum Gasteiger partial charge on any atom is -0.247 e. The van der Waals surface area contributed by atoms with Crippen LogP contribution in [0.4, 0.5) is 0 Å². The second-order valence-corrected chi connectivity index (χ2v) is 11.4. The van der Waals surface area contributed by atoms with Gasteiger partial charge in [-0.1, -0.05) is 84.9 Å². The van der Waals surface area contributed by atoms with E-state index in [-0.39, 0.29) is 0 Å². The highest BCUT2D eigenvalue weighted by atomic mass is 32.1. The van der Waals surface area contributed by atoms with Crippen molar-refractivity contribution in [1.29, 1.82) is 0 Å². The van der Waals surface area contributed by atoms with Crippen molar-refractivity contribution in [3.63, 3.8) is 0 Å². The predicted octanol–water partition coefficient (Wildman–Crippen LogP) is 9.89. The van der Waals surface area contributed by atoms with Gasteiger partial charge < -0.3 is 0 Å². The molecule has 0 aliphatic rings. The van der Waals surface area contributed by atoms with Crippen LogP contribution in [0.2, 0.25) is 0 Å². The van der Waals surface area contributed by atoms with Gasteiger partial charge in [0.05, 0.1) is 22.2 Å². The summed E-state index contributed by atoms with van der Waals surface area (Å²) in [5.74, 6) is 0. The van der Waals surface area contributed by atoms with Gasteiger partial charge >= 0.3 is 0 Å². The molecule has 40 heavy (non-hydrogen) atoms. The molecule has 4 heterocycles. The number of para-hydroxylation sites is 1. The van der Waals surface area contributed by atoms with E-state index in [4.69, 9.17) is 10.1 Å². The standard InChI is InChI=1S/C36H21N3S/c1-5-14-30-25(10-1)31-18-16-24(21-39(31)38-30)22-8-7-9-23(20-22)36-28-17-19-33-35(27-12-3-6-15-32(27)40-33)34(28)26-11-2-4-13-29(26)37-36/h1-21H. The lowest BCUT2D eigenvalue weighted by Gasteiger charge is -2.13. The number of hydrogen-bond donors (Lipinski definition) is 0. The predicted molar refractivity (Wildman–Crippen MR) is 169 cm³/mol. The number of aromatic nitrogens is 3. The molecule has 0 aliphatic carbocycles. The molecular weight excluding hydrogens is 506 g/mol. The molecule has 3 nitrogen and oxygen atoms in total. The van der Waals surface area contributed by atoms with Crippen LogP contribution in [-0.2, 0) is 0 Å². The Morgan fingerprint density at radius 1 is 0.500 bits per heavy atom. The van der Waals surface area contributed by atoms with Gasteiger partial charge in [0.1, 0.15) is 0 Å². The van der Waals surface area contributed by atoms with Crippen molar-refractivity contribution < 1.29 is 0 Å². The lowest BCUT2D eigenvalue weighted by molar-refractivity contribution is 0.983. The van der Waals surface area contributed by atoms with Crippen LogP contribution in [-0.4, -0.2) is 14.6 Å². The summed E-state index contributed by atoms with van der Waals surface area (Å²) in [7, 11) is 0. The van der Waals surface area contributed by atoms with Gasteiger partial charge in [0.2, 0.25) is 0 Å². The summed E-state index contributed by atoms with van der Waals surface area (Å²) in [4.78, 5) is 5.24. The van der Waals surface area contributed by atoms with E-state index in [9.17, 15) is 0 Å². The summed E-state index contributed by atoms with van der Waals surface area (Å²) < 4.78 is 4.62. The van der Waals surface area contributed by atoms with Crippen LogP contribution >= 0.6 is 11.3 Å². The fourth-order valence-corrected chi connectivity index (χ4v) is 7.29. The number of rotatable bonds is 2. The van der Waals surface area contributed by atoms with E-state index in [2.05, 4.69) is 121 Å². The quantitative estimate of drug-likeness (QED) is 0.209. The Kier molecular flexibility index (Phi) is 4.48. The fraction of sp³-hybridized carbons (Fsp3) is 0. The minimum absolute atomic E-state index is 1.01. The summed E-state index contributed by atoms with van der Waals surface area (Å²) in [6, 6.07) is 43.2. The summed E-state index contributed by atoms with van der Waals surface area (Å²) in [5, 5.41) is 12.3. The van der Waals surface area contributed by atoms with Gasteiger partial charge in [0.15, 0.2) is 0 Å². The number of benzene rings is 5. The highest BCUT2D eigenvalue weighted by Gasteiger charge is 2.16. The molecule has 9 aromatic rings. The van der Waals surface area contributed by atoms with Crippen LogP contribution in [0.15, 0.2) is 128 Å². The topological polar surface area (TPSA) is 30.2 Å². The van der Waals surface area contributed by atoms with E-state index >= 15 is 0 Å². The van der Waals surface area contributed by atoms with Gasteiger partial charge in [0, 0.05) is 59.0 Å². The number of fused-ring (bicyclic) bond motifs is 10. The lowest BCUT2D eigenvalue weighted by Crippen LogP contribution is -1.92. The average molecular weight is 528 g/mol. The van der Waals surface area contributed by atoms with Crippen LogP contribution in [0.3, 0.4) is 0 Å². The third-order valence-electron chi connectivity index (χ3n) is 8.00. The molecule has 5 aromatic carbocycles. The van der Waals surface area contributed by atoms with E-state index in [1.807, 2.05) is 21.9 Å². The van der Waals surface area contributed by atoms with Crippen molar-refractivity contribution in [1.82, 2.24) is 14.6 Å². The van der Waals surface area contributed by atoms with Crippen LogP contribution in [0.5, 0.6) is 0 Å². The smallest absolute Gasteiger partial charge is 0.0933 e. The zero-order chi connectivity index (χ0) is 26.2. The van der Waals surface area contributed by atoms with E-state index in [1.54, 1.807) is 0 Å². The first-order chi connectivity index (χ1) is 19.8. The number of hydrogen-bond acceptors (Lipinski definition) is 3. The monoisotopic (exact) mass is 527 g/mol. The normalized spacial score (nSPS) is 12.0. The molecule has 0 fully saturated rings. The van der Waals surface area contributed by atoms with Crippen molar-refractivity contribution in [3.8, 4) is 22.4 Å². The van der Waals surface area contributed by atoms with Gasteiger partial charge in [-0.25, -0.2) is 9.50 Å². The van der Waals surface area contributed by atoms with Gasteiger partial charge in [-0.05, 0) is 42.0 Å². The highest BCUT2D eigenvalue weighted by Crippen LogP contribution is 2.43. The van der Waals surface area contributed by atoms with Gasteiger partial charge in [-0.2, -0.15) is 5.10 Å². The maximum absolute atomic E-state index is 5.24. The molecule has 0 atom stereocenters. The second kappa shape index (κ2) is 8.22. The average Bonchev–Trinajstić information content (AvgIpc) is 3.58. The molecule has 186 valence electrons. The SMILES string of the molecule is c1cc(-c2ccc3c4ccccc4nn3c2)cc(-c2nc3ccccc3c3c2ccc2sc4ccccc4c23)c1. The Morgan fingerprint density at radius 3 is 2.20 bits per heavy atom. The molecule has 0 unspecified atom stereocenters. The van der Waals surface area contributed by atoms with E-state index in [0.717, 1.165) is 38.9 Å². The number of nitrogens with zero attached hydrogens (tertiary/aromatic N) is 3. The van der Waals surface area contributed by atoms with Crippen molar-refractivity contribution in [2.24, 2.45) is 0 Å². The molecule has 0 N–H and O–H groups in total. The Morgan fingerprint density at radius 2 is 1.27 bits per heavy atom. The third kappa shape index (κ3) is 3.11. The zero-order valence-electron chi connectivity index (χ0n) is 21.4. The first-order valence-electron chi connectivity index (χ1n) is 13.4. The summed E-state index contributed by atoms with van der Waals surface area (Å²) in [5.41, 5.74) is 7.53. The molecule has 0 amide bonds. The minimum atomic E-state index is 1.01. The molecule has 0 bridgehead atoms. The zero-order valence-corrected chi connectivity index (χ0v) is 22.2. The van der Waals surface area contributed by atoms with Crippen LogP contribution < -0.4 is 0 Å². The van der Waals surface area contributed by atoms with Crippen LogP contribution in [0.1, 0.15) is 0 Å². The van der Waals surface area contributed by atoms with Gasteiger partial charge in [-0.15, -0.1) is 11.3 Å². The summed E-state index contributed by atoms with van der Waals surface area (Å²) in [6.45, 7) is 0. The molecule has 4 heteroatoms. The van der Waals surface area contributed by atoms with Crippen molar-refractivity contribution >= 4 is 69.6 Å². The Hall–Kier alpha value is -5.06. The largest absolute Gasteiger partial charge is 0.247 e. The third-order valence-corrected chi connectivity index (χ3v) is 9.13. The molecule has 0 aliphatic heterocycles. The van der Waals surface area contributed by atoms with Crippen molar-refractivity contribution in [3.05, 3.63) is 128 Å². The van der Waals surface area contributed by atoms with Gasteiger partial charge in [-0.3, -0.25) is 0 Å². The maximum Gasteiger partial charge on any atom is 0.0933 e. The molecular formula is C36H21N3S. The number of thiophene rings is 1. The van der Waals surface area contributed by atoms with Crippen LogP contribution in [0, 0.1) is 0 Å². The van der Waals surface area contributed by atoms with Gasteiger partial charge in [0.25, 0.3) is 0 Å². The van der Waals surface area contributed by atoms with Crippen molar-refractivity contribution in [2.45, 2.75) is 0 Å². The number of pyridine rings is 2. The molecule has 4 aromatic heterocycles. The Balaban J connectivity index is 1.30. The maximum atomic E-state index is 5.24. The molecule has 0 saturated carbocycles.